The van der Waals surface area contributed by atoms with Crippen molar-refractivity contribution in [1.82, 2.24) is 10.3 Å². The number of nitrogens with two attached hydrogens (primary N) is 1. The number of carbonyl (C=O) groups is 1. The van der Waals surface area contributed by atoms with Gasteiger partial charge in [0.1, 0.15) is 5.82 Å². The van der Waals surface area contributed by atoms with Crippen molar-refractivity contribution in [3.8, 4) is 0 Å². The molecule has 0 bridgehead atoms. The standard InChI is InChI=1S/C20H24F3N5O/c1-11-5-3-6-12(9-11)26-18-13(17(24)29)10-14(21)19(28-18)27-15-7-4-8-20(22,23)16(15)25-2/h3,5-6,9-10,15-16,25H,4,7-8H2,1-2H3,(H2,24,29)(H2,26,27,28)/t15-,16?/m1/s1. The molecule has 6 nitrogen and oxygen atoms in total. The van der Waals surface area contributed by atoms with Crippen molar-refractivity contribution in [3.05, 3.63) is 47.3 Å². The van der Waals surface area contributed by atoms with Crippen LogP contribution in [0.5, 0.6) is 0 Å². The number of halogens is 3. The van der Waals surface area contributed by atoms with E-state index in [4.69, 9.17) is 5.73 Å². The summed E-state index contributed by atoms with van der Waals surface area (Å²) in [6, 6.07) is 6.36. The molecule has 1 aliphatic rings. The molecule has 9 heteroatoms. The summed E-state index contributed by atoms with van der Waals surface area (Å²) in [5, 5.41) is 8.37. The van der Waals surface area contributed by atoms with Crippen molar-refractivity contribution in [3.63, 3.8) is 0 Å². The summed E-state index contributed by atoms with van der Waals surface area (Å²) >= 11 is 0. The van der Waals surface area contributed by atoms with Gasteiger partial charge in [-0.3, -0.25) is 4.79 Å². The van der Waals surface area contributed by atoms with Gasteiger partial charge in [0.25, 0.3) is 11.8 Å². The smallest absolute Gasteiger partial charge is 0.265 e. The largest absolute Gasteiger partial charge is 0.365 e. The monoisotopic (exact) mass is 407 g/mol. The second-order valence-electron chi connectivity index (χ2n) is 7.24. The van der Waals surface area contributed by atoms with Crippen molar-refractivity contribution < 1.29 is 18.0 Å². The average Bonchev–Trinajstić information content (AvgIpc) is 2.63. The number of aromatic nitrogens is 1. The molecule has 2 aromatic rings. The van der Waals surface area contributed by atoms with Crippen molar-refractivity contribution in [2.24, 2.45) is 5.73 Å². The molecule has 1 saturated carbocycles. The number of primary amides is 1. The molecule has 0 saturated heterocycles. The number of carbonyl (C=O) groups excluding carboxylic acids is 1. The summed E-state index contributed by atoms with van der Waals surface area (Å²) in [6.45, 7) is 1.90. The van der Waals surface area contributed by atoms with E-state index in [1.54, 1.807) is 6.07 Å². The van der Waals surface area contributed by atoms with Crippen molar-refractivity contribution in [2.45, 2.75) is 44.2 Å². The first kappa shape index (κ1) is 20.9. The molecule has 29 heavy (non-hydrogen) atoms. The number of likely N-dealkylation sites (N-methyl/N-ethyl adjacent to an activating group) is 1. The number of amides is 1. The highest BCUT2D eigenvalue weighted by molar-refractivity contribution is 5.98. The summed E-state index contributed by atoms with van der Waals surface area (Å²) in [5.41, 5.74) is 6.84. The molecule has 0 aliphatic heterocycles. The molecule has 1 aromatic heterocycles. The number of aryl methyl sites for hydroxylation is 1. The van der Waals surface area contributed by atoms with E-state index >= 15 is 0 Å². The number of hydrogen-bond acceptors (Lipinski definition) is 5. The predicted octanol–water partition coefficient (Wildman–Crippen LogP) is 3.56. The van der Waals surface area contributed by atoms with E-state index < -0.39 is 29.7 Å². The lowest BCUT2D eigenvalue weighted by atomic mass is 9.87. The van der Waals surface area contributed by atoms with Crippen LogP contribution in [0.1, 0.15) is 35.2 Å². The molecular formula is C20H24F3N5O. The summed E-state index contributed by atoms with van der Waals surface area (Å²) in [6.07, 6.45) is 0.506. The maximum absolute atomic E-state index is 14.6. The molecule has 1 aromatic carbocycles. The predicted molar refractivity (Wildman–Crippen MR) is 106 cm³/mol. The number of hydrogen-bond donors (Lipinski definition) is 4. The van der Waals surface area contributed by atoms with E-state index in [0.717, 1.165) is 11.6 Å². The summed E-state index contributed by atoms with van der Waals surface area (Å²) in [5.74, 6) is -4.77. The lowest BCUT2D eigenvalue weighted by molar-refractivity contribution is -0.0654. The topological polar surface area (TPSA) is 92.1 Å². The van der Waals surface area contributed by atoms with Crippen LogP contribution in [0.15, 0.2) is 30.3 Å². The van der Waals surface area contributed by atoms with Gasteiger partial charge in [0.2, 0.25) is 0 Å². The highest BCUT2D eigenvalue weighted by Gasteiger charge is 2.46. The molecule has 0 radical (unpaired) electrons. The molecule has 156 valence electrons. The Morgan fingerprint density at radius 3 is 2.69 bits per heavy atom. The molecule has 1 fully saturated rings. The average molecular weight is 407 g/mol. The fourth-order valence-corrected chi connectivity index (χ4v) is 3.65. The van der Waals surface area contributed by atoms with E-state index in [-0.39, 0.29) is 23.6 Å². The number of anilines is 3. The van der Waals surface area contributed by atoms with Crippen LogP contribution in [0.2, 0.25) is 0 Å². The van der Waals surface area contributed by atoms with Gasteiger partial charge in [-0.25, -0.2) is 18.2 Å². The maximum Gasteiger partial charge on any atom is 0.265 e. The molecular weight excluding hydrogens is 383 g/mol. The van der Waals surface area contributed by atoms with Crippen molar-refractivity contribution in [2.75, 3.05) is 17.7 Å². The number of benzene rings is 1. The zero-order chi connectivity index (χ0) is 21.2. The fourth-order valence-electron chi connectivity index (χ4n) is 3.65. The Morgan fingerprint density at radius 2 is 2.03 bits per heavy atom. The first-order valence-corrected chi connectivity index (χ1v) is 9.37. The Morgan fingerprint density at radius 1 is 1.28 bits per heavy atom. The van der Waals surface area contributed by atoms with Crippen LogP contribution in [0.3, 0.4) is 0 Å². The lowest BCUT2D eigenvalue weighted by Gasteiger charge is -2.38. The minimum absolute atomic E-state index is 0.0515. The minimum atomic E-state index is -2.92. The third-order valence-electron chi connectivity index (χ3n) is 5.04. The summed E-state index contributed by atoms with van der Waals surface area (Å²) in [7, 11) is 1.45. The first-order chi connectivity index (χ1) is 13.7. The number of nitrogens with one attached hydrogen (secondary N) is 3. The summed E-state index contributed by atoms with van der Waals surface area (Å²) < 4.78 is 43.0. The lowest BCUT2D eigenvalue weighted by Crippen LogP contribution is -2.56. The quantitative estimate of drug-likeness (QED) is 0.588. The van der Waals surface area contributed by atoms with Gasteiger partial charge < -0.3 is 21.7 Å². The van der Waals surface area contributed by atoms with Crippen LogP contribution in [0, 0.1) is 12.7 Å². The number of pyridine rings is 1. The Labute approximate surface area is 167 Å². The first-order valence-electron chi connectivity index (χ1n) is 9.37. The van der Waals surface area contributed by atoms with Gasteiger partial charge in [-0.05, 0) is 50.6 Å². The maximum atomic E-state index is 14.6. The third kappa shape index (κ3) is 4.61. The van der Waals surface area contributed by atoms with Gasteiger partial charge >= 0.3 is 0 Å². The van der Waals surface area contributed by atoms with Crippen LogP contribution >= 0.6 is 0 Å². The van der Waals surface area contributed by atoms with Gasteiger partial charge in [-0.15, -0.1) is 0 Å². The van der Waals surface area contributed by atoms with E-state index in [1.165, 1.54) is 7.05 Å². The molecule has 3 rings (SSSR count). The third-order valence-corrected chi connectivity index (χ3v) is 5.04. The Balaban J connectivity index is 1.94. The van der Waals surface area contributed by atoms with Crippen LogP contribution < -0.4 is 21.7 Å². The van der Waals surface area contributed by atoms with Gasteiger partial charge in [-0.2, -0.15) is 0 Å². The van der Waals surface area contributed by atoms with Crippen LogP contribution in [-0.4, -0.2) is 35.9 Å². The highest BCUT2D eigenvalue weighted by Crippen LogP contribution is 2.35. The van der Waals surface area contributed by atoms with Crippen LogP contribution in [-0.2, 0) is 0 Å². The van der Waals surface area contributed by atoms with E-state index in [0.29, 0.717) is 18.5 Å². The van der Waals surface area contributed by atoms with E-state index in [2.05, 4.69) is 20.9 Å². The van der Waals surface area contributed by atoms with Crippen LogP contribution in [0.4, 0.5) is 30.5 Å². The van der Waals surface area contributed by atoms with Gasteiger partial charge in [0, 0.05) is 18.2 Å². The zero-order valence-corrected chi connectivity index (χ0v) is 16.2. The minimum Gasteiger partial charge on any atom is -0.365 e. The fraction of sp³-hybridized carbons (Fsp3) is 0.400. The summed E-state index contributed by atoms with van der Waals surface area (Å²) in [4.78, 5) is 15.9. The van der Waals surface area contributed by atoms with Crippen LogP contribution in [0.25, 0.3) is 0 Å². The van der Waals surface area contributed by atoms with E-state index in [1.807, 2.05) is 25.1 Å². The highest BCUT2D eigenvalue weighted by atomic mass is 19.3. The number of nitrogens with zero attached hydrogens (tertiary/aromatic N) is 1. The van der Waals surface area contributed by atoms with Gasteiger partial charge in [0.15, 0.2) is 11.6 Å². The Hall–Kier alpha value is -2.81. The molecule has 1 aliphatic carbocycles. The molecule has 2 atom stereocenters. The van der Waals surface area contributed by atoms with Crippen molar-refractivity contribution in [1.29, 1.82) is 0 Å². The molecule has 1 heterocycles. The Bertz CT molecular complexity index is 906. The molecule has 0 spiro atoms. The molecule has 1 amide bonds. The van der Waals surface area contributed by atoms with Gasteiger partial charge in [0.05, 0.1) is 11.6 Å². The SMILES string of the molecule is CNC1[C@H](Nc2nc(Nc3cccc(C)c3)c(C(N)=O)cc2F)CCCC1(F)F. The Kier molecular flexibility index (Phi) is 5.97. The second kappa shape index (κ2) is 8.28. The number of alkyl halides is 2. The van der Waals surface area contributed by atoms with Gasteiger partial charge in [-0.1, -0.05) is 12.1 Å². The molecule has 5 N–H and O–H groups in total. The second-order valence-corrected chi connectivity index (χ2v) is 7.24. The molecule has 1 unspecified atom stereocenters. The van der Waals surface area contributed by atoms with E-state index in [9.17, 15) is 18.0 Å². The van der Waals surface area contributed by atoms with Crippen molar-refractivity contribution >= 4 is 23.2 Å². The zero-order valence-electron chi connectivity index (χ0n) is 16.2. The normalized spacial score (nSPS) is 20.9. The number of rotatable bonds is 6.